The molecule has 0 aromatic heterocycles. The van der Waals surface area contributed by atoms with Gasteiger partial charge in [0.2, 0.25) is 0 Å². The van der Waals surface area contributed by atoms with E-state index < -0.39 is 9.84 Å². The first-order chi connectivity index (χ1) is 11.1. The predicted octanol–water partition coefficient (Wildman–Crippen LogP) is 1.98. The molecule has 1 aromatic carbocycles. The first kappa shape index (κ1) is 16.3. The number of hydrogen-bond donors (Lipinski definition) is 0. The van der Waals surface area contributed by atoms with E-state index in [1.54, 1.807) is 24.3 Å². The van der Waals surface area contributed by atoms with E-state index in [9.17, 15) is 8.42 Å². The largest absolute Gasteiger partial charge is 0.492 e. The summed E-state index contributed by atoms with van der Waals surface area (Å²) in [7, 11) is -2.91. The third kappa shape index (κ3) is 3.67. The molecule has 1 aromatic rings. The van der Waals surface area contributed by atoms with Crippen LogP contribution in [-0.2, 0) is 9.84 Å². The Balaban J connectivity index is 1.56. The Morgan fingerprint density at radius 3 is 2.70 bits per heavy atom. The fourth-order valence-electron chi connectivity index (χ4n) is 3.66. The van der Waals surface area contributed by atoms with Crippen LogP contribution in [0.1, 0.15) is 31.2 Å². The van der Waals surface area contributed by atoms with Gasteiger partial charge >= 0.3 is 0 Å². The number of benzene rings is 1. The first-order valence-corrected chi connectivity index (χ1v) is 9.90. The van der Waals surface area contributed by atoms with Crippen LogP contribution < -0.4 is 4.74 Å². The second-order valence-corrected chi connectivity index (χ2v) is 8.62. The molecular formula is C17H22N2O3S. The highest BCUT2D eigenvalue weighted by molar-refractivity contribution is 7.92. The van der Waals surface area contributed by atoms with Crippen LogP contribution >= 0.6 is 0 Å². The Kier molecular flexibility index (Phi) is 4.88. The molecule has 6 heteroatoms. The summed E-state index contributed by atoms with van der Waals surface area (Å²) in [5, 5.41) is 8.60. The maximum absolute atomic E-state index is 12.2. The van der Waals surface area contributed by atoms with Crippen molar-refractivity contribution in [2.45, 2.75) is 37.0 Å². The Morgan fingerprint density at radius 1 is 1.22 bits per heavy atom. The van der Waals surface area contributed by atoms with Gasteiger partial charge < -0.3 is 4.74 Å². The van der Waals surface area contributed by atoms with Gasteiger partial charge in [0.05, 0.1) is 22.6 Å². The summed E-state index contributed by atoms with van der Waals surface area (Å²) < 4.78 is 30.2. The molecule has 1 heterocycles. The smallest absolute Gasteiger partial charge is 0.155 e. The molecule has 23 heavy (non-hydrogen) atoms. The molecule has 1 aliphatic carbocycles. The standard InChI is InChI=1S/C17H22N2O3S/c18-13-14-5-7-15(8-6-14)22-11-9-19-10-12-23(20,21)17-4-2-1-3-16(17)19/h5-8,16-17H,1-4,9-12H2/t16-,17-/m1/s1. The molecule has 0 spiro atoms. The lowest BCUT2D eigenvalue weighted by atomic mass is 9.93. The van der Waals surface area contributed by atoms with Gasteiger partial charge in [-0.2, -0.15) is 5.26 Å². The van der Waals surface area contributed by atoms with Crippen molar-refractivity contribution in [3.05, 3.63) is 29.8 Å². The van der Waals surface area contributed by atoms with Gasteiger partial charge in [-0.3, -0.25) is 4.90 Å². The molecule has 0 unspecified atom stereocenters. The lowest BCUT2D eigenvalue weighted by molar-refractivity contribution is 0.131. The monoisotopic (exact) mass is 334 g/mol. The molecule has 124 valence electrons. The topological polar surface area (TPSA) is 70.4 Å². The second kappa shape index (κ2) is 6.90. The first-order valence-electron chi connectivity index (χ1n) is 8.19. The Hall–Kier alpha value is -1.58. The fraction of sp³-hybridized carbons (Fsp3) is 0.588. The lowest BCUT2D eigenvalue weighted by Gasteiger charge is -2.43. The van der Waals surface area contributed by atoms with Crippen LogP contribution in [0, 0.1) is 11.3 Å². The van der Waals surface area contributed by atoms with E-state index in [-0.39, 0.29) is 17.0 Å². The molecule has 1 aliphatic heterocycles. The number of nitriles is 1. The van der Waals surface area contributed by atoms with Crippen LogP contribution in [0.15, 0.2) is 24.3 Å². The molecule has 2 fully saturated rings. The third-order valence-corrected chi connectivity index (χ3v) is 7.12. The molecular weight excluding hydrogens is 312 g/mol. The summed E-state index contributed by atoms with van der Waals surface area (Å²) in [5.41, 5.74) is 0.614. The van der Waals surface area contributed by atoms with Crippen molar-refractivity contribution in [3.8, 4) is 11.8 Å². The Bertz CT molecular complexity index is 679. The van der Waals surface area contributed by atoms with Gasteiger partial charge in [0.15, 0.2) is 9.84 Å². The van der Waals surface area contributed by atoms with Gasteiger partial charge in [0.1, 0.15) is 12.4 Å². The molecule has 0 radical (unpaired) electrons. The average molecular weight is 334 g/mol. The maximum atomic E-state index is 12.2. The van der Waals surface area contributed by atoms with E-state index in [4.69, 9.17) is 10.00 Å². The molecule has 0 N–H and O–H groups in total. The van der Waals surface area contributed by atoms with E-state index in [1.807, 2.05) is 0 Å². The number of fused-ring (bicyclic) bond motifs is 1. The SMILES string of the molecule is N#Cc1ccc(OCCN2CCS(=O)(=O)[C@@H]3CCCC[C@H]32)cc1. The summed E-state index contributed by atoms with van der Waals surface area (Å²) in [6.45, 7) is 1.89. The van der Waals surface area contributed by atoms with Crippen LogP contribution in [0.25, 0.3) is 0 Å². The minimum absolute atomic E-state index is 0.159. The molecule has 0 amide bonds. The highest BCUT2D eigenvalue weighted by Gasteiger charge is 2.42. The minimum Gasteiger partial charge on any atom is -0.492 e. The Morgan fingerprint density at radius 2 is 1.96 bits per heavy atom. The van der Waals surface area contributed by atoms with Crippen LogP contribution in [0.3, 0.4) is 0 Å². The number of nitrogens with zero attached hydrogens (tertiary/aromatic N) is 2. The zero-order valence-electron chi connectivity index (χ0n) is 13.1. The van der Waals surface area contributed by atoms with Crippen molar-refractivity contribution in [3.63, 3.8) is 0 Å². The molecule has 1 saturated heterocycles. The van der Waals surface area contributed by atoms with Crippen molar-refractivity contribution >= 4 is 9.84 Å². The van der Waals surface area contributed by atoms with E-state index >= 15 is 0 Å². The third-order valence-electron chi connectivity index (χ3n) is 4.89. The molecule has 2 aliphatic rings. The van der Waals surface area contributed by atoms with Crippen LogP contribution in [0.5, 0.6) is 5.75 Å². The number of rotatable bonds is 4. The fourth-order valence-corrected chi connectivity index (χ4v) is 5.76. The van der Waals surface area contributed by atoms with E-state index in [0.29, 0.717) is 18.7 Å². The van der Waals surface area contributed by atoms with Gasteiger partial charge in [0, 0.05) is 19.1 Å². The molecule has 1 saturated carbocycles. The normalized spacial score (nSPS) is 26.9. The van der Waals surface area contributed by atoms with E-state index in [1.165, 1.54) is 0 Å². The van der Waals surface area contributed by atoms with Crippen molar-refractivity contribution < 1.29 is 13.2 Å². The molecule has 2 atom stereocenters. The molecule has 5 nitrogen and oxygen atoms in total. The zero-order valence-corrected chi connectivity index (χ0v) is 14.0. The van der Waals surface area contributed by atoms with Gasteiger partial charge in [-0.25, -0.2) is 8.42 Å². The minimum atomic E-state index is -2.91. The average Bonchev–Trinajstić information content (AvgIpc) is 2.58. The van der Waals surface area contributed by atoms with Crippen LogP contribution in [0.2, 0.25) is 0 Å². The quantitative estimate of drug-likeness (QED) is 0.842. The predicted molar refractivity (Wildman–Crippen MR) is 88.1 cm³/mol. The van der Waals surface area contributed by atoms with Gasteiger partial charge in [0.25, 0.3) is 0 Å². The zero-order chi connectivity index (χ0) is 16.3. The van der Waals surface area contributed by atoms with Crippen molar-refractivity contribution in [1.29, 1.82) is 5.26 Å². The summed E-state index contributed by atoms with van der Waals surface area (Å²) >= 11 is 0. The van der Waals surface area contributed by atoms with Crippen molar-refractivity contribution in [2.75, 3.05) is 25.4 Å². The second-order valence-electron chi connectivity index (χ2n) is 6.28. The number of ether oxygens (including phenoxy) is 1. The highest BCUT2D eigenvalue weighted by Crippen LogP contribution is 2.31. The lowest BCUT2D eigenvalue weighted by Crippen LogP contribution is -2.56. The molecule has 3 rings (SSSR count). The van der Waals surface area contributed by atoms with Crippen molar-refractivity contribution in [1.82, 2.24) is 4.90 Å². The van der Waals surface area contributed by atoms with Gasteiger partial charge in [-0.05, 0) is 37.1 Å². The summed E-state index contributed by atoms with van der Waals surface area (Å²) in [6.07, 6.45) is 3.92. The summed E-state index contributed by atoms with van der Waals surface area (Å²) in [4.78, 5) is 2.29. The summed E-state index contributed by atoms with van der Waals surface area (Å²) in [5.74, 6) is 1.01. The van der Waals surface area contributed by atoms with Gasteiger partial charge in [-0.1, -0.05) is 12.8 Å². The van der Waals surface area contributed by atoms with Crippen molar-refractivity contribution in [2.24, 2.45) is 0 Å². The molecule has 0 bridgehead atoms. The Labute approximate surface area is 137 Å². The van der Waals surface area contributed by atoms with Crippen LogP contribution in [-0.4, -0.2) is 50.1 Å². The highest BCUT2D eigenvalue weighted by atomic mass is 32.2. The van der Waals surface area contributed by atoms with E-state index in [0.717, 1.165) is 38.0 Å². The van der Waals surface area contributed by atoms with E-state index in [2.05, 4.69) is 11.0 Å². The summed E-state index contributed by atoms with van der Waals surface area (Å²) in [6, 6.07) is 9.30. The number of hydrogen-bond acceptors (Lipinski definition) is 5. The van der Waals surface area contributed by atoms with Crippen LogP contribution in [0.4, 0.5) is 0 Å². The van der Waals surface area contributed by atoms with Gasteiger partial charge in [-0.15, -0.1) is 0 Å². The maximum Gasteiger partial charge on any atom is 0.155 e. The number of sulfone groups is 1.